The number of hydrogen-bond acceptors (Lipinski definition) is 4. The lowest BCUT2D eigenvalue weighted by Crippen LogP contribution is -2.29. The summed E-state index contributed by atoms with van der Waals surface area (Å²) in [4.78, 5) is 25.4. The maximum atomic E-state index is 12.7. The Morgan fingerprint density at radius 3 is 2.52 bits per heavy atom. The van der Waals surface area contributed by atoms with Crippen LogP contribution in [0.15, 0.2) is 45.2 Å². The first-order chi connectivity index (χ1) is 11.9. The fraction of sp³-hybridized carbons (Fsp3) is 0.263. The lowest BCUT2D eigenvalue weighted by Gasteiger charge is -2.22. The molecule has 1 aromatic carbocycles. The van der Waals surface area contributed by atoms with E-state index in [1.165, 1.54) is 11.0 Å². The standard InChI is InChI=1S/C19H19NO5/c1-4-14-13(19(22)23)10-17(24-14)18(21)20(3)11(2)16-9-12-7-5-6-8-15(12)25-16/h5-11H,4H2,1-3H3,(H,22,23). The van der Waals surface area contributed by atoms with Gasteiger partial charge in [-0.2, -0.15) is 0 Å². The molecule has 0 saturated heterocycles. The molecule has 2 aromatic heterocycles. The van der Waals surface area contributed by atoms with Gasteiger partial charge in [-0.05, 0) is 19.1 Å². The van der Waals surface area contributed by atoms with Crippen molar-refractivity contribution in [2.24, 2.45) is 0 Å². The molecular formula is C19H19NO5. The van der Waals surface area contributed by atoms with Crippen molar-refractivity contribution in [3.05, 3.63) is 59.2 Å². The van der Waals surface area contributed by atoms with Gasteiger partial charge in [-0.3, -0.25) is 4.79 Å². The summed E-state index contributed by atoms with van der Waals surface area (Å²) < 4.78 is 11.3. The van der Waals surface area contributed by atoms with Gasteiger partial charge in [-0.15, -0.1) is 0 Å². The van der Waals surface area contributed by atoms with Crippen LogP contribution in [0, 0.1) is 0 Å². The van der Waals surface area contributed by atoms with E-state index in [9.17, 15) is 14.7 Å². The summed E-state index contributed by atoms with van der Waals surface area (Å²) in [5.41, 5.74) is 0.778. The number of aromatic carboxylic acids is 1. The molecule has 0 aliphatic carbocycles. The number of nitrogens with zero attached hydrogens (tertiary/aromatic N) is 1. The SMILES string of the molecule is CCc1oc(C(=O)N(C)C(C)c2cc3ccccc3o2)cc1C(=O)O. The highest BCUT2D eigenvalue weighted by Gasteiger charge is 2.26. The number of rotatable bonds is 5. The molecule has 3 rings (SSSR count). The van der Waals surface area contributed by atoms with Crippen LogP contribution in [-0.2, 0) is 6.42 Å². The predicted octanol–water partition coefficient (Wildman–Crippen LogP) is 4.12. The van der Waals surface area contributed by atoms with Crippen LogP contribution in [0.4, 0.5) is 0 Å². The molecule has 0 bridgehead atoms. The summed E-state index contributed by atoms with van der Waals surface area (Å²) in [7, 11) is 1.63. The first-order valence-corrected chi connectivity index (χ1v) is 8.04. The zero-order chi connectivity index (χ0) is 18.1. The van der Waals surface area contributed by atoms with Crippen LogP contribution in [0.2, 0.25) is 0 Å². The monoisotopic (exact) mass is 341 g/mol. The fourth-order valence-electron chi connectivity index (χ4n) is 2.73. The Morgan fingerprint density at radius 2 is 1.92 bits per heavy atom. The van der Waals surface area contributed by atoms with Crippen molar-refractivity contribution in [1.82, 2.24) is 4.90 Å². The number of carbonyl (C=O) groups excluding carboxylic acids is 1. The fourth-order valence-corrected chi connectivity index (χ4v) is 2.73. The number of aryl methyl sites for hydroxylation is 1. The third-order valence-electron chi connectivity index (χ3n) is 4.33. The number of carboxylic acids is 1. The predicted molar refractivity (Wildman–Crippen MR) is 91.8 cm³/mol. The molecule has 0 radical (unpaired) electrons. The van der Waals surface area contributed by atoms with Crippen molar-refractivity contribution in [3.63, 3.8) is 0 Å². The average Bonchev–Trinajstić information content (AvgIpc) is 3.23. The Hall–Kier alpha value is -3.02. The van der Waals surface area contributed by atoms with Crippen LogP contribution >= 0.6 is 0 Å². The Morgan fingerprint density at radius 1 is 1.20 bits per heavy atom. The van der Waals surface area contributed by atoms with E-state index < -0.39 is 11.9 Å². The van der Waals surface area contributed by atoms with Crippen molar-refractivity contribution in [1.29, 1.82) is 0 Å². The zero-order valence-corrected chi connectivity index (χ0v) is 14.3. The van der Waals surface area contributed by atoms with E-state index in [1.54, 1.807) is 14.0 Å². The molecule has 0 aliphatic rings. The number of carboxylic acid groups (broad SMARTS) is 1. The van der Waals surface area contributed by atoms with Gasteiger partial charge in [0.1, 0.15) is 22.7 Å². The Kier molecular flexibility index (Phi) is 4.35. The van der Waals surface area contributed by atoms with Gasteiger partial charge in [0.05, 0.1) is 6.04 Å². The van der Waals surface area contributed by atoms with Crippen LogP contribution in [0.3, 0.4) is 0 Å². The van der Waals surface area contributed by atoms with E-state index in [4.69, 9.17) is 8.83 Å². The molecule has 130 valence electrons. The Labute approximate surface area is 144 Å². The largest absolute Gasteiger partial charge is 0.478 e. The molecule has 1 unspecified atom stereocenters. The maximum absolute atomic E-state index is 12.7. The third kappa shape index (κ3) is 3.03. The van der Waals surface area contributed by atoms with E-state index in [0.717, 1.165) is 11.0 Å². The van der Waals surface area contributed by atoms with Gasteiger partial charge < -0.3 is 18.8 Å². The smallest absolute Gasteiger partial charge is 0.339 e. The van der Waals surface area contributed by atoms with Crippen LogP contribution in [0.1, 0.15) is 52.3 Å². The quantitative estimate of drug-likeness (QED) is 0.754. The maximum Gasteiger partial charge on any atom is 0.339 e. The highest BCUT2D eigenvalue weighted by molar-refractivity contribution is 5.96. The minimum atomic E-state index is -1.10. The van der Waals surface area contributed by atoms with Gasteiger partial charge in [0.25, 0.3) is 5.91 Å². The van der Waals surface area contributed by atoms with Crippen LogP contribution < -0.4 is 0 Å². The number of amides is 1. The topological polar surface area (TPSA) is 83.9 Å². The molecule has 6 heteroatoms. The second-order valence-corrected chi connectivity index (χ2v) is 5.88. The van der Waals surface area contributed by atoms with Crippen LogP contribution in [0.5, 0.6) is 0 Å². The minimum Gasteiger partial charge on any atom is -0.478 e. The Bertz CT molecular complexity index is 903. The van der Waals surface area contributed by atoms with Gasteiger partial charge in [-0.25, -0.2) is 4.79 Å². The van der Waals surface area contributed by atoms with E-state index in [2.05, 4.69) is 0 Å². The summed E-state index contributed by atoms with van der Waals surface area (Å²) in [6, 6.07) is 10.5. The molecule has 1 N–H and O–H groups in total. The highest BCUT2D eigenvalue weighted by atomic mass is 16.4. The summed E-state index contributed by atoms with van der Waals surface area (Å²) in [5, 5.41) is 10.2. The molecule has 6 nitrogen and oxygen atoms in total. The van der Waals surface area contributed by atoms with E-state index in [0.29, 0.717) is 17.9 Å². The van der Waals surface area contributed by atoms with Crippen molar-refractivity contribution < 1.29 is 23.5 Å². The van der Waals surface area contributed by atoms with Gasteiger partial charge in [-0.1, -0.05) is 25.1 Å². The van der Waals surface area contributed by atoms with Crippen molar-refractivity contribution in [3.8, 4) is 0 Å². The minimum absolute atomic E-state index is 0.0136. The lowest BCUT2D eigenvalue weighted by atomic mass is 10.2. The molecule has 1 atom stereocenters. The number of fused-ring (bicyclic) bond motifs is 1. The number of furan rings is 2. The molecule has 2 heterocycles. The second kappa shape index (κ2) is 6.47. The normalized spacial score (nSPS) is 12.3. The summed E-state index contributed by atoms with van der Waals surface area (Å²) in [6.07, 6.45) is 0.401. The molecule has 25 heavy (non-hydrogen) atoms. The Balaban J connectivity index is 1.87. The van der Waals surface area contributed by atoms with Crippen molar-refractivity contribution in [2.75, 3.05) is 7.05 Å². The number of carbonyl (C=O) groups is 2. The van der Waals surface area contributed by atoms with E-state index >= 15 is 0 Å². The van der Waals surface area contributed by atoms with Crippen molar-refractivity contribution >= 4 is 22.8 Å². The van der Waals surface area contributed by atoms with E-state index in [-0.39, 0.29) is 17.4 Å². The molecule has 1 amide bonds. The molecule has 0 aliphatic heterocycles. The molecule has 0 spiro atoms. The summed E-state index contributed by atoms with van der Waals surface area (Å²) in [6.45, 7) is 3.62. The zero-order valence-electron chi connectivity index (χ0n) is 14.3. The van der Waals surface area contributed by atoms with Gasteiger partial charge in [0, 0.05) is 24.9 Å². The van der Waals surface area contributed by atoms with Gasteiger partial charge in [0.15, 0.2) is 5.76 Å². The van der Waals surface area contributed by atoms with Crippen LogP contribution in [0.25, 0.3) is 11.0 Å². The third-order valence-corrected chi connectivity index (χ3v) is 4.33. The summed E-state index contributed by atoms with van der Waals surface area (Å²) in [5.74, 6) is -0.541. The highest BCUT2D eigenvalue weighted by Crippen LogP contribution is 2.28. The molecule has 3 aromatic rings. The average molecular weight is 341 g/mol. The molecular weight excluding hydrogens is 322 g/mol. The van der Waals surface area contributed by atoms with E-state index in [1.807, 2.05) is 37.3 Å². The lowest BCUT2D eigenvalue weighted by molar-refractivity contribution is 0.0684. The number of benzene rings is 1. The van der Waals surface area contributed by atoms with Gasteiger partial charge in [0.2, 0.25) is 0 Å². The van der Waals surface area contributed by atoms with Gasteiger partial charge >= 0.3 is 5.97 Å². The summed E-state index contributed by atoms with van der Waals surface area (Å²) >= 11 is 0. The second-order valence-electron chi connectivity index (χ2n) is 5.88. The number of hydrogen-bond donors (Lipinski definition) is 1. The molecule has 0 fully saturated rings. The first kappa shape index (κ1) is 16.8. The number of para-hydroxylation sites is 1. The van der Waals surface area contributed by atoms with Crippen molar-refractivity contribution in [2.45, 2.75) is 26.3 Å². The molecule has 0 saturated carbocycles. The first-order valence-electron chi connectivity index (χ1n) is 8.04. The van der Waals surface area contributed by atoms with Crippen LogP contribution in [-0.4, -0.2) is 28.9 Å².